The summed E-state index contributed by atoms with van der Waals surface area (Å²) in [6.07, 6.45) is 3.71. The summed E-state index contributed by atoms with van der Waals surface area (Å²) in [5.74, 6) is -0.640. The molecule has 0 saturated carbocycles. The first kappa shape index (κ1) is 20.6. The Morgan fingerprint density at radius 1 is 1.16 bits per heavy atom. The second-order valence-electron chi connectivity index (χ2n) is 7.02. The van der Waals surface area contributed by atoms with Crippen molar-refractivity contribution in [1.82, 2.24) is 14.9 Å². The van der Waals surface area contributed by atoms with Gasteiger partial charge in [0.15, 0.2) is 0 Å². The van der Waals surface area contributed by atoms with Crippen LogP contribution in [0.3, 0.4) is 0 Å². The number of benzene rings is 2. The first-order valence-electron chi connectivity index (χ1n) is 9.27. The van der Waals surface area contributed by atoms with E-state index in [1.54, 1.807) is 35.9 Å². The van der Waals surface area contributed by atoms with Crippen molar-refractivity contribution in [3.63, 3.8) is 0 Å². The van der Waals surface area contributed by atoms with Crippen LogP contribution < -0.4 is 5.32 Å². The molecule has 0 radical (unpaired) electrons. The zero-order valence-corrected chi connectivity index (χ0v) is 16.4. The Labute approximate surface area is 175 Å². The molecule has 4 rings (SSSR count). The van der Waals surface area contributed by atoms with E-state index < -0.39 is 17.0 Å². The fourth-order valence-electron chi connectivity index (χ4n) is 3.58. The number of aliphatic hydroxyl groups is 1. The number of fused-ring (bicyclic) bond motifs is 1. The third-order valence-corrected chi connectivity index (χ3v) is 5.13. The molecule has 158 valence electrons. The molecule has 4 aromatic rings. The molecule has 0 aliphatic carbocycles. The van der Waals surface area contributed by atoms with Gasteiger partial charge in [0.05, 0.1) is 17.2 Å². The van der Waals surface area contributed by atoms with Crippen molar-refractivity contribution in [1.29, 1.82) is 5.41 Å². The van der Waals surface area contributed by atoms with Crippen molar-refractivity contribution in [3.05, 3.63) is 89.6 Å². The van der Waals surface area contributed by atoms with E-state index in [4.69, 9.17) is 5.41 Å². The Bertz CT molecular complexity index is 1260. The Balaban J connectivity index is 1.81. The average Bonchev–Trinajstić information content (AvgIpc) is 3.12. The van der Waals surface area contributed by atoms with Gasteiger partial charge in [-0.25, -0.2) is 4.98 Å². The third kappa shape index (κ3) is 3.54. The molecule has 1 unspecified atom stereocenters. The Kier molecular flexibility index (Phi) is 5.22. The van der Waals surface area contributed by atoms with E-state index in [1.165, 1.54) is 42.7 Å². The third-order valence-electron chi connectivity index (χ3n) is 5.13. The summed E-state index contributed by atoms with van der Waals surface area (Å²) in [7, 11) is 1.71. The maximum Gasteiger partial charge on any atom is 0.232 e. The summed E-state index contributed by atoms with van der Waals surface area (Å²) < 4.78 is 43.0. The van der Waals surface area contributed by atoms with E-state index in [2.05, 4.69) is 10.3 Å². The van der Waals surface area contributed by atoms with Crippen LogP contribution in [0.1, 0.15) is 16.7 Å². The fourth-order valence-corrected chi connectivity index (χ4v) is 3.58. The summed E-state index contributed by atoms with van der Waals surface area (Å²) in [6, 6.07) is 13.7. The van der Waals surface area contributed by atoms with E-state index in [1.807, 2.05) is 0 Å². The van der Waals surface area contributed by atoms with Gasteiger partial charge in [0.2, 0.25) is 11.7 Å². The van der Waals surface area contributed by atoms with Gasteiger partial charge in [0, 0.05) is 52.7 Å². The highest BCUT2D eigenvalue weighted by molar-refractivity contribution is 5.89. The van der Waals surface area contributed by atoms with Gasteiger partial charge in [0.25, 0.3) is 0 Å². The predicted octanol–water partition coefficient (Wildman–Crippen LogP) is 4.72. The van der Waals surface area contributed by atoms with E-state index in [0.717, 1.165) is 6.21 Å². The predicted molar refractivity (Wildman–Crippen MR) is 112 cm³/mol. The number of nitrogens with zero attached hydrogens (tertiary/aromatic N) is 3. The van der Waals surface area contributed by atoms with E-state index in [-0.39, 0.29) is 16.7 Å². The van der Waals surface area contributed by atoms with Crippen LogP contribution in [-0.2, 0) is 12.8 Å². The van der Waals surface area contributed by atoms with Gasteiger partial charge in [0.1, 0.15) is 0 Å². The highest BCUT2D eigenvalue weighted by Gasteiger charge is 2.43. The molecule has 1 atom stereocenters. The van der Waals surface area contributed by atoms with Crippen LogP contribution in [0.5, 0.6) is 0 Å². The van der Waals surface area contributed by atoms with E-state index in [9.17, 15) is 18.5 Å². The highest BCUT2D eigenvalue weighted by atomic mass is 19.4. The molecule has 0 spiro atoms. The quantitative estimate of drug-likeness (QED) is 0.181. The lowest BCUT2D eigenvalue weighted by molar-refractivity contribution is -0.297. The fraction of sp³-hybridized carbons (Fsp3) is 0.0909. The number of aromatic nitrogens is 2. The summed E-state index contributed by atoms with van der Waals surface area (Å²) >= 11 is 0. The van der Waals surface area contributed by atoms with Crippen molar-refractivity contribution < 1.29 is 18.5 Å². The minimum Gasteiger partial charge on any atom is -0.364 e. The second-order valence-corrected chi connectivity index (χ2v) is 7.02. The molecular weight excluding hydrogens is 407 g/mol. The minimum atomic E-state index is -2.74. The molecule has 2 aromatic carbocycles. The van der Waals surface area contributed by atoms with Gasteiger partial charge in [-0.05, 0) is 30.3 Å². The number of para-hydroxylation sites is 1. The van der Waals surface area contributed by atoms with Gasteiger partial charge in [-0.3, -0.25) is 0 Å². The van der Waals surface area contributed by atoms with Crippen molar-refractivity contribution in [2.75, 3.05) is 5.32 Å². The normalized spacial score (nSPS) is 13.4. The second kappa shape index (κ2) is 7.86. The summed E-state index contributed by atoms with van der Waals surface area (Å²) in [5, 5.41) is 21.1. The maximum atomic E-state index is 14.2. The molecule has 2 aromatic heterocycles. The lowest BCUT2D eigenvalue weighted by atomic mass is 9.93. The molecular formula is C22H18F3N5O. The molecule has 6 nitrogen and oxygen atoms in total. The zero-order chi connectivity index (χ0) is 22.2. The largest absolute Gasteiger partial charge is 0.364 e. The molecule has 2 heterocycles. The molecule has 9 heteroatoms. The van der Waals surface area contributed by atoms with Gasteiger partial charge in [-0.1, -0.05) is 33.2 Å². The van der Waals surface area contributed by atoms with Crippen LogP contribution >= 0.6 is 0 Å². The monoisotopic (exact) mass is 425 g/mol. The van der Waals surface area contributed by atoms with E-state index in [0.29, 0.717) is 22.3 Å². The average molecular weight is 425 g/mol. The zero-order valence-electron chi connectivity index (χ0n) is 16.4. The number of pyridine rings is 1. The number of nitrogens with one attached hydrogen (secondary N) is 2. The van der Waals surface area contributed by atoms with Gasteiger partial charge >= 0.3 is 0 Å². The molecule has 3 N–H and O–H groups in total. The summed E-state index contributed by atoms with van der Waals surface area (Å²) in [4.78, 5) is 3.55. The van der Waals surface area contributed by atoms with Crippen LogP contribution in [0.25, 0.3) is 10.9 Å². The molecule has 0 bridgehead atoms. The van der Waals surface area contributed by atoms with Crippen molar-refractivity contribution in [3.8, 4) is 0 Å². The number of hydrogen-bond donors (Lipinski definition) is 3. The van der Waals surface area contributed by atoms with Crippen molar-refractivity contribution in [2.24, 2.45) is 7.05 Å². The minimum absolute atomic E-state index is 0.00924. The highest BCUT2D eigenvalue weighted by Crippen LogP contribution is 2.40. The molecule has 31 heavy (non-hydrogen) atoms. The first-order valence-corrected chi connectivity index (χ1v) is 9.27. The molecule has 0 fully saturated rings. The Hall–Kier alpha value is -3.69. The molecule has 0 aliphatic heterocycles. The number of aryl methyl sites for hydroxylation is 1. The van der Waals surface area contributed by atoms with Gasteiger partial charge in [-0.2, -0.15) is 4.39 Å². The number of rotatable bonds is 6. The summed E-state index contributed by atoms with van der Waals surface area (Å²) in [5.41, 5.74) is -1.04. The lowest BCUT2D eigenvalue weighted by Crippen LogP contribution is -2.37. The Morgan fingerprint density at radius 2 is 1.94 bits per heavy atom. The van der Waals surface area contributed by atoms with Gasteiger partial charge < -0.3 is 20.4 Å². The smallest absolute Gasteiger partial charge is 0.232 e. The lowest BCUT2D eigenvalue weighted by Gasteiger charge is -2.28. The van der Waals surface area contributed by atoms with Crippen LogP contribution in [0, 0.1) is 11.4 Å². The van der Waals surface area contributed by atoms with Gasteiger partial charge in [-0.15, -0.1) is 0 Å². The van der Waals surface area contributed by atoms with Crippen LogP contribution in [0.4, 0.5) is 24.7 Å². The number of halogens is 3. The number of hydrogen-bond acceptors (Lipinski definition) is 5. The first-order chi connectivity index (χ1) is 14.8. The topological polar surface area (TPSA) is 77.2 Å². The van der Waals surface area contributed by atoms with Crippen LogP contribution in [0.15, 0.2) is 67.0 Å². The molecule has 0 saturated heterocycles. The summed E-state index contributed by atoms with van der Waals surface area (Å²) in [6.45, 7) is 0. The van der Waals surface area contributed by atoms with Crippen LogP contribution in [0.2, 0.25) is 0 Å². The molecule has 0 aliphatic rings. The van der Waals surface area contributed by atoms with E-state index >= 15 is 0 Å². The number of anilines is 2. The Morgan fingerprint density at radius 3 is 2.61 bits per heavy atom. The maximum absolute atomic E-state index is 14.2. The van der Waals surface area contributed by atoms with Crippen molar-refractivity contribution >= 4 is 28.5 Å². The SMILES string of the molecule is Cn1cc(C(O)(c2ccc(Nc3ccc(F)nc3)c(C=N)c2)N(F)F)c2ccccc21. The van der Waals surface area contributed by atoms with Crippen LogP contribution in [-0.4, -0.2) is 26.2 Å². The standard InChI is InChI=1S/C22H18F3N5O/c1-29-13-18(17-4-2-3-5-20(17)29)22(31,30(24)25)15-6-8-19(14(10-15)11-26)28-16-7-9-21(23)27-12-16/h2-13,26,28,31H,1H3. The van der Waals surface area contributed by atoms with Crippen molar-refractivity contribution in [2.45, 2.75) is 5.72 Å². The molecule has 0 amide bonds.